The number of nitrogens with zero attached hydrogens (tertiary/aromatic N) is 1. The second-order valence-corrected chi connectivity index (χ2v) is 6.17. The van der Waals surface area contributed by atoms with E-state index in [9.17, 15) is 0 Å². The van der Waals surface area contributed by atoms with Crippen molar-refractivity contribution in [3.8, 4) is 10.6 Å². The summed E-state index contributed by atoms with van der Waals surface area (Å²) in [6.07, 6.45) is 4.95. The van der Waals surface area contributed by atoms with Crippen LogP contribution in [0.2, 0.25) is 0 Å². The first-order valence-electron chi connectivity index (χ1n) is 7.51. The Bertz CT molecular complexity index is 541. The Labute approximate surface area is 136 Å². The van der Waals surface area contributed by atoms with Crippen molar-refractivity contribution >= 4 is 22.9 Å². The lowest BCUT2D eigenvalue weighted by molar-refractivity contribution is 0.117. The van der Waals surface area contributed by atoms with Gasteiger partial charge in [0.05, 0.1) is 18.2 Å². The van der Waals surface area contributed by atoms with E-state index in [4.69, 9.17) is 16.3 Å². The summed E-state index contributed by atoms with van der Waals surface area (Å²) < 4.78 is 5.81. The minimum atomic E-state index is 0.465. The average molecular weight is 324 g/mol. The number of rotatable bonds is 9. The smallest absolute Gasteiger partial charge is 0.124 e. The van der Waals surface area contributed by atoms with Crippen LogP contribution in [0.1, 0.15) is 43.9 Å². The second-order valence-electron chi connectivity index (χ2n) is 5.05. The summed E-state index contributed by atoms with van der Waals surface area (Å²) >= 11 is 7.47. The third kappa shape index (κ3) is 5.10. The van der Waals surface area contributed by atoms with Gasteiger partial charge >= 0.3 is 0 Å². The van der Waals surface area contributed by atoms with Gasteiger partial charge in [-0.25, -0.2) is 4.98 Å². The molecule has 0 aliphatic carbocycles. The van der Waals surface area contributed by atoms with Crippen molar-refractivity contribution in [3.63, 3.8) is 0 Å². The Morgan fingerprint density at radius 1 is 1.19 bits per heavy atom. The van der Waals surface area contributed by atoms with Gasteiger partial charge in [0.25, 0.3) is 0 Å². The van der Waals surface area contributed by atoms with Gasteiger partial charge in [0.1, 0.15) is 5.01 Å². The molecule has 2 nitrogen and oxygen atoms in total. The van der Waals surface area contributed by atoms with Gasteiger partial charge in [0.2, 0.25) is 0 Å². The number of alkyl halides is 1. The molecule has 1 aromatic carbocycles. The number of ether oxygens (including phenoxy) is 1. The van der Waals surface area contributed by atoms with E-state index in [-0.39, 0.29) is 0 Å². The maximum atomic E-state index is 5.83. The molecule has 0 atom stereocenters. The van der Waals surface area contributed by atoms with E-state index in [2.05, 4.69) is 30.1 Å². The molecule has 0 fully saturated rings. The topological polar surface area (TPSA) is 22.1 Å². The summed E-state index contributed by atoms with van der Waals surface area (Å²) in [4.78, 5) is 4.56. The van der Waals surface area contributed by atoms with Crippen molar-refractivity contribution in [2.75, 3.05) is 6.61 Å². The van der Waals surface area contributed by atoms with Crippen molar-refractivity contribution in [2.24, 2.45) is 0 Å². The summed E-state index contributed by atoms with van der Waals surface area (Å²) in [5.41, 5.74) is 3.29. The Hall–Kier alpha value is -0.900. The van der Waals surface area contributed by atoms with Crippen LogP contribution in [0.5, 0.6) is 0 Å². The van der Waals surface area contributed by atoms with Gasteiger partial charge < -0.3 is 4.74 Å². The summed E-state index contributed by atoms with van der Waals surface area (Å²) in [6, 6.07) is 8.31. The summed E-state index contributed by atoms with van der Waals surface area (Å²) in [5.74, 6) is 0.465. The average Bonchev–Trinajstić information content (AvgIpc) is 3.00. The quantitative estimate of drug-likeness (QED) is 0.439. The normalized spacial score (nSPS) is 11.0. The SMILES string of the molecule is CCCCCCOCc1ccccc1-c1nc(CCl)cs1. The number of hydrogen-bond donors (Lipinski definition) is 0. The predicted molar refractivity (Wildman–Crippen MR) is 90.9 cm³/mol. The Morgan fingerprint density at radius 3 is 2.81 bits per heavy atom. The van der Waals surface area contributed by atoms with Crippen molar-refractivity contribution < 1.29 is 4.74 Å². The molecule has 0 spiro atoms. The molecule has 0 amide bonds. The monoisotopic (exact) mass is 323 g/mol. The molecule has 4 heteroatoms. The number of halogens is 1. The standard InChI is InChI=1S/C17H22ClNOS/c1-2-3-4-7-10-20-12-14-8-5-6-9-16(14)17-19-15(11-18)13-21-17/h5-6,8-9,13H,2-4,7,10-12H2,1H3. The Morgan fingerprint density at radius 2 is 2.05 bits per heavy atom. The van der Waals surface area contributed by atoms with E-state index in [1.165, 1.54) is 24.8 Å². The molecule has 0 aliphatic rings. The van der Waals surface area contributed by atoms with Gasteiger partial charge in [-0.15, -0.1) is 22.9 Å². The third-order valence-electron chi connectivity index (χ3n) is 3.34. The molecular formula is C17H22ClNOS. The molecule has 0 radical (unpaired) electrons. The lowest BCUT2D eigenvalue weighted by Gasteiger charge is -2.08. The first-order chi connectivity index (χ1) is 10.3. The van der Waals surface area contributed by atoms with Gasteiger partial charge in [-0.05, 0) is 12.0 Å². The maximum Gasteiger partial charge on any atom is 0.124 e. The van der Waals surface area contributed by atoms with Crippen molar-refractivity contribution in [1.82, 2.24) is 4.98 Å². The first kappa shape index (κ1) is 16.5. The van der Waals surface area contributed by atoms with Crippen LogP contribution < -0.4 is 0 Å². The molecule has 114 valence electrons. The minimum Gasteiger partial charge on any atom is -0.377 e. The number of hydrogen-bond acceptors (Lipinski definition) is 3. The first-order valence-corrected chi connectivity index (χ1v) is 8.93. The van der Waals surface area contributed by atoms with Crippen LogP contribution >= 0.6 is 22.9 Å². The molecule has 1 aromatic heterocycles. The maximum absolute atomic E-state index is 5.83. The van der Waals surface area contributed by atoms with E-state index in [1.807, 2.05) is 11.4 Å². The Balaban J connectivity index is 1.94. The molecule has 0 unspecified atom stereocenters. The van der Waals surface area contributed by atoms with Crippen LogP contribution in [0, 0.1) is 0 Å². The predicted octanol–water partition coefficient (Wildman–Crippen LogP) is 5.65. The summed E-state index contributed by atoms with van der Waals surface area (Å²) in [5, 5.41) is 3.04. The molecule has 0 N–H and O–H groups in total. The van der Waals surface area contributed by atoms with Crippen LogP contribution in [0.25, 0.3) is 10.6 Å². The molecule has 2 rings (SSSR count). The molecule has 0 saturated carbocycles. The third-order valence-corrected chi connectivity index (χ3v) is 4.53. The molecule has 0 aliphatic heterocycles. The van der Waals surface area contributed by atoms with E-state index in [0.29, 0.717) is 12.5 Å². The number of aromatic nitrogens is 1. The van der Waals surface area contributed by atoms with Gasteiger partial charge in [0, 0.05) is 17.6 Å². The van der Waals surface area contributed by atoms with Crippen LogP contribution in [0.4, 0.5) is 0 Å². The van der Waals surface area contributed by atoms with Gasteiger partial charge in [-0.1, -0.05) is 50.5 Å². The fourth-order valence-corrected chi connectivity index (χ4v) is 3.27. The fraction of sp³-hybridized carbons (Fsp3) is 0.471. The van der Waals surface area contributed by atoms with Gasteiger partial charge in [-0.3, -0.25) is 0 Å². The van der Waals surface area contributed by atoms with Crippen molar-refractivity contribution in [1.29, 1.82) is 0 Å². The fourth-order valence-electron chi connectivity index (χ4n) is 2.16. The van der Waals surface area contributed by atoms with Crippen molar-refractivity contribution in [3.05, 3.63) is 40.9 Å². The largest absolute Gasteiger partial charge is 0.377 e. The van der Waals surface area contributed by atoms with E-state index in [1.54, 1.807) is 11.3 Å². The van der Waals surface area contributed by atoms with Crippen molar-refractivity contribution in [2.45, 2.75) is 45.1 Å². The lowest BCUT2D eigenvalue weighted by Crippen LogP contribution is -1.97. The lowest BCUT2D eigenvalue weighted by atomic mass is 10.1. The number of unbranched alkanes of at least 4 members (excludes halogenated alkanes) is 3. The second kappa shape index (κ2) is 9.19. The highest BCUT2D eigenvalue weighted by Gasteiger charge is 2.09. The Kier molecular flexibility index (Phi) is 7.20. The number of benzene rings is 1. The number of thiazole rings is 1. The summed E-state index contributed by atoms with van der Waals surface area (Å²) in [7, 11) is 0. The molecule has 0 bridgehead atoms. The molecule has 0 saturated heterocycles. The zero-order chi connectivity index (χ0) is 14.9. The molecule has 1 heterocycles. The zero-order valence-corrected chi connectivity index (χ0v) is 14.1. The summed E-state index contributed by atoms with van der Waals surface area (Å²) in [6.45, 7) is 3.71. The van der Waals surface area contributed by atoms with E-state index >= 15 is 0 Å². The minimum absolute atomic E-state index is 0.465. The van der Waals surface area contributed by atoms with Crippen LogP contribution in [0.3, 0.4) is 0 Å². The van der Waals surface area contributed by atoms with Gasteiger partial charge in [-0.2, -0.15) is 0 Å². The highest BCUT2D eigenvalue weighted by atomic mass is 35.5. The van der Waals surface area contributed by atoms with Crippen LogP contribution in [0.15, 0.2) is 29.6 Å². The highest BCUT2D eigenvalue weighted by Crippen LogP contribution is 2.28. The van der Waals surface area contributed by atoms with E-state index < -0.39 is 0 Å². The van der Waals surface area contributed by atoms with E-state index in [0.717, 1.165) is 29.3 Å². The van der Waals surface area contributed by atoms with Gasteiger partial charge in [0.15, 0.2) is 0 Å². The molecule has 2 aromatic rings. The van der Waals surface area contributed by atoms with Crippen LogP contribution in [-0.2, 0) is 17.2 Å². The molecular weight excluding hydrogens is 302 g/mol. The molecule has 21 heavy (non-hydrogen) atoms. The zero-order valence-electron chi connectivity index (χ0n) is 12.5. The highest BCUT2D eigenvalue weighted by molar-refractivity contribution is 7.13. The van der Waals surface area contributed by atoms with Crippen LogP contribution in [-0.4, -0.2) is 11.6 Å².